The van der Waals surface area contributed by atoms with E-state index >= 15 is 0 Å². The molecular weight excluding hydrogens is 204 g/mol. The number of ether oxygens (including phenoxy) is 1. The Hall–Kier alpha value is -1.33. The van der Waals surface area contributed by atoms with Gasteiger partial charge in [0.1, 0.15) is 5.82 Å². The fourth-order valence-electron chi connectivity index (χ4n) is 1.68. The number of nitrogens with one attached hydrogen (secondary N) is 1. The van der Waals surface area contributed by atoms with Crippen molar-refractivity contribution in [3.05, 3.63) is 18.3 Å². The summed E-state index contributed by atoms with van der Waals surface area (Å²) in [6.45, 7) is 5.67. The van der Waals surface area contributed by atoms with Crippen LogP contribution in [0.2, 0.25) is 0 Å². The molecule has 16 heavy (non-hydrogen) atoms. The van der Waals surface area contributed by atoms with Gasteiger partial charge in [-0.05, 0) is 12.1 Å². The van der Waals surface area contributed by atoms with Crippen molar-refractivity contribution in [2.45, 2.75) is 0 Å². The smallest absolute Gasteiger partial charge is 0.126 e. The fourth-order valence-corrected chi connectivity index (χ4v) is 1.68. The highest BCUT2D eigenvalue weighted by molar-refractivity contribution is 5.43. The number of pyridine rings is 1. The molecule has 5 nitrogen and oxygen atoms in total. The number of aromatic nitrogens is 1. The number of nitrogens with zero attached hydrogens (tertiary/aromatic N) is 2. The molecule has 0 bridgehead atoms. The molecule has 0 aliphatic carbocycles. The van der Waals surface area contributed by atoms with Crippen molar-refractivity contribution < 1.29 is 4.74 Å². The maximum Gasteiger partial charge on any atom is 0.126 e. The number of nitrogens with two attached hydrogens (primary N) is 1. The first-order valence-corrected chi connectivity index (χ1v) is 5.60. The van der Waals surface area contributed by atoms with Gasteiger partial charge in [-0.3, -0.25) is 4.90 Å². The second kappa shape index (κ2) is 5.67. The van der Waals surface area contributed by atoms with E-state index in [4.69, 9.17) is 10.5 Å². The standard InChI is InChI=1S/C11H18N4O/c12-10-1-2-11(14-9-10)13-3-4-15-5-7-16-8-6-15/h1-2,9H,3-8,12H2,(H,13,14). The van der Waals surface area contributed by atoms with Crippen molar-refractivity contribution in [1.29, 1.82) is 0 Å². The van der Waals surface area contributed by atoms with Crippen LogP contribution < -0.4 is 11.1 Å². The third-order valence-corrected chi connectivity index (χ3v) is 2.62. The Balaban J connectivity index is 1.69. The van der Waals surface area contributed by atoms with Gasteiger partial charge in [0.05, 0.1) is 25.1 Å². The van der Waals surface area contributed by atoms with Crippen molar-refractivity contribution >= 4 is 11.5 Å². The third-order valence-electron chi connectivity index (χ3n) is 2.62. The van der Waals surface area contributed by atoms with Crippen LogP contribution in [0.1, 0.15) is 0 Å². The molecule has 1 aromatic rings. The Labute approximate surface area is 95.6 Å². The Morgan fingerprint density at radius 1 is 1.38 bits per heavy atom. The summed E-state index contributed by atoms with van der Waals surface area (Å²) in [6.07, 6.45) is 1.66. The van der Waals surface area contributed by atoms with Gasteiger partial charge in [0.25, 0.3) is 0 Å². The molecule has 5 heteroatoms. The summed E-state index contributed by atoms with van der Waals surface area (Å²) < 4.78 is 5.29. The molecule has 1 aliphatic heterocycles. The molecule has 1 saturated heterocycles. The topological polar surface area (TPSA) is 63.4 Å². The van der Waals surface area contributed by atoms with E-state index < -0.39 is 0 Å². The lowest BCUT2D eigenvalue weighted by molar-refractivity contribution is 0.0398. The highest BCUT2D eigenvalue weighted by Gasteiger charge is 2.08. The van der Waals surface area contributed by atoms with Crippen LogP contribution in [0.4, 0.5) is 11.5 Å². The van der Waals surface area contributed by atoms with Gasteiger partial charge in [-0.15, -0.1) is 0 Å². The molecule has 1 aromatic heterocycles. The summed E-state index contributed by atoms with van der Waals surface area (Å²) in [5.74, 6) is 0.877. The minimum atomic E-state index is 0.693. The average molecular weight is 222 g/mol. The lowest BCUT2D eigenvalue weighted by Gasteiger charge is -2.26. The molecule has 0 unspecified atom stereocenters. The lowest BCUT2D eigenvalue weighted by atomic mass is 10.4. The van der Waals surface area contributed by atoms with Crippen LogP contribution in [0.3, 0.4) is 0 Å². The van der Waals surface area contributed by atoms with Crippen molar-refractivity contribution in [3.63, 3.8) is 0 Å². The molecule has 88 valence electrons. The minimum absolute atomic E-state index is 0.693. The predicted molar refractivity (Wildman–Crippen MR) is 64.4 cm³/mol. The van der Waals surface area contributed by atoms with Gasteiger partial charge in [-0.2, -0.15) is 0 Å². The number of nitrogen functional groups attached to an aromatic ring is 1. The van der Waals surface area contributed by atoms with Crippen LogP contribution in [0, 0.1) is 0 Å². The summed E-state index contributed by atoms with van der Waals surface area (Å²) in [7, 11) is 0. The Morgan fingerprint density at radius 2 is 2.19 bits per heavy atom. The molecule has 0 radical (unpaired) electrons. The van der Waals surface area contributed by atoms with Gasteiger partial charge >= 0.3 is 0 Å². The summed E-state index contributed by atoms with van der Waals surface area (Å²) in [5.41, 5.74) is 6.25. The maximum atomic E-state index is 5.56. The monoisotopic (exact) mass is 222 g/mol. The highest BCUT2D eigenvalue weighted by Crippen LogP contribution is 2.05. The third kappa shape index (κ3) is 3.36. The normalized spacial score (nSPS) is 17.2. The van der Waals surface area contributed by atoms with E-state index in [1.54, 1.807) is 6.20 Å². The van der Waals surface area contributed by atoms with Gasteiger partial charge in [-0.25, -0.2) is 4.98 Å². The Kier molecular flexibility index (Phi) is 3.96. The van der Waals surface area contributed by atoms with Crippen LogP contribution in [-0.4, -0.2) is 49.3 Å². The van der Waals surface area contributed by atoms with Gasteiger partial charge in [-0.1, -0.05) is 0 Å². The first-order chi connectivity index (χ1) is 7.84. The van der Waals surface area contributed by atoms with E-state index in [2.05, 4.69) is 15.2 Å². The summed E-state index contributed by atoms with van der Waals surface area (Å²) in [4.78, 5) is 6.56. The molecular formula is C11H18N4O. The lowest BCUT2D eigenvalue weighted by Crippen LogP contribution is -2.39. The van der Waals surface area contributed by atoms with Crippen LogP contribution in [-0.2, 0) is 4.74 Å². The predicted octanol–water partition coefficient (Wildman–Crippen LogP) is 0.408. The largest absolute Gasteiger partial charge is 0.397 e. The van der Waals surface area contributed by atoms with Gasteiger partial charge in [0.2, 0.25) is 0 Å². The zero-order valence-corrected chi connectivity index (χ0v) is 9.35. The van der Waals surface area contributed by atoms with Crippen LogP contribution in [0.5, 0.6) is 0 Å². The number of hydrogen-bond donors (Lipinski definition) is 2. The molecule has 2 rings (SSSR count). The number of morpholine rings is 1. The summed E-state index contributed by atoms with van der Waals surface area (Å²) in [5, 5.41) is 3.27. The second-order valence-electron chi connectivity index (χ2n) is 3.86. The minimum Gasteiger partial charge on any atom is -0.397 e. The van der Waals surface area contributed by atoms with Gasteiger partial charge in [0, 0.05) is 26.2 Å². The molecule has 0 aromatic carbocycles. The molecule has 1 aliphatic rings. The highest BCUT2D eigenvalue weighted by atomic mass is 16.5. The molecule has 0 spiro atoms. The van der Waals surface area contributed by atoms with Gasteiger partial charge < -0.3 is 15.8 Å². The average Bonchev–Trinajstić information content (AvgIpc) is 2.33. The quantitative estimate of drug-likeness (QED) is 0.772. The van der Waals surface area contributed by atoms with E-state index in [1.165, 1.54) is 0 Å². The van der Waals surface area contributed by atoms with E-state index in [1.807, 2.05) is 12.1 Å². The van der Waals surface area contributed by atoms with E-state index in [0.717, 1.165) is 45.2 Å². The van der Waals surface area contributed by atoms with Crippen LogP contribution in [0.15, 0.2) is 18.3 Å². The first kappa shape index (κ1) is 11.2. The van der Waals surface area contributed by atoms with E-state index in [0.29, 0.717) is 5.69 Å². The van der Waals surface area contributed by atoms with Crippen molar-refractivity contribution in [3.8, 4) is 0 Å². The van der Waals surface area contributed by atoms with Crippen molar-refractivity contribution in [2.75, 3.05) is 50.4 Å². The summed E-state index contributed by atoms with van der Waals surface area (Å²) in [6, 6.07) is 3.75. The SMILES string of the molecule is Nc1ccc(NCCN2CCOCC2)nc1. The van der Waals surface area contributed by atoms with E-state index in [9.17, 15) is 0 Å². The fraction of sp³-hybridized carbons (Fsp3) is 0.545. The van der Waals surface area contributed by atoms with Crippen LogP contribution in [0.25, 0.3) is 0 Å². The van der Waals surface area contributed by atoms with E-state index in [-0.39, 0.29) is 0 Å². The molecule has 3 N–H and O–H groups in total. The molecule has 2 heterocycles. The number of anilines is 2. The zero-order valence-electron chi connectivity index (χ0n) is 9.35. The molecule has 0 atom stereocenters. The van der Waals surface area contributed by atoms with Crippen molar-refractivity contribution in [2.24, 2.45) is 0 Å². The molecule has 0 amide bonds. The van der Waals surface area contributed by atoms with Crippen molar-refractivity contribution in [1.82, 2.24) is 9.88 Å². The Bertz CT molecular complexity index is 308. The number of rotatable bonds is 4. The number of hydrogen-bond acceptors (Lipinski definition) is 5. The Morgan fingerprint density at radius 3 is 2.88 bits per heavy atom. The first-order valence-electron chi connectivity index (χ1n) is 5.60. The maximum absolute atomic E-state index is 5.56. The second-order valence-corrected chi connectivity index (χ2v) is 3.86. The zero-order chi connectivity index (χ0) is 11.2. The molecule has 0 saturated carbocycles. The van der Waals surface area contributed by atoms with Gasteiger partial charge in [0.15, 0.2) is 0 Å². The molecule has 1 fully saturated rings. The summed E-state index contributed by atoms with van der Waals surface area (Å²) >= 11 is 0. The van der Waals surface area contributed by atoms with Crippen LogP contribution >= 0.6 is 0 Å².